The molecular weight excluding hydrogens is 470 g/mol. The number of hydrogen-bond acceptors (Lipinski definition) is 6. The first-order valence-corrected chi connectivity index (χ1v) is 12.7. The van der Waals surface area contributed by atoms with E-state index in [9.17, 15) is 14.7 Å². The van der Waals surface area contributed by atoms with Crippen LogP contribution in [0.25, 0.3) is 5.76 Å². The number of carbonyl (C=O) groups excluding carboxylic acids is 2. The molecule has 0 radical (unpaired) electrons. The van der Waals surface area contributed by atoms with Crippen molar-refractivity contribution in [2.45, 2.75) is 52.3 Å². The summed E-state index contributed by atoms with van der Waals surface area (Å²) < 4.78 is 17.2. The molecule has 7 heteroatoms. The fraction of sp³-hybridized carbons (Fsp3) is 0.333. The van der Waals surface area contributed by atoms with Gasteiger partial charge in [-0.3, -0.25) is 9.59 Å². The summed E-state index contributed by atoms with van der Waals surface area (Å²) in [4.78, 5) is 28.1. The number of benzene rings is 2. The quantitative estimate of drug-likeness (QED) is 0.244. The first-order chi connectivity index (χ1) is 17.8. The first kappa shape index (κ1) is 24.7. The number of furan rings is 1. The molecule has 1 fully saturated rings. The Kier molecular flexibility index (Phi) is 6.78. The summed E-state index contributed by atoms with van der Waals surface area (Å²) in [5.41, 5.74) is 2.15. The number of amides is 1. The zero-order valence-electron chi connectivity index (χ0n) is 21.3. The molecule has 192 valence electrons. The number of carbonyl (C=O) groups is 2. The topological polar surface area (TPSA) is 89.2 Å². The van der Waals surface area contributed by atoms with Crippen molar-refractivity contribution in [2.24, 2.45) is 5.92 Å². The van der Waals surface area contributed by atoms with E-state index < -0.39 is 17.7 Å². The second kappa shape index (κ2) is 10.2. The van der Waals surface area contributed by atoms with Crippen LogP contribution in [-0.2, 0) is 22.6 Å². The van der Waals surface area contributed by atoms with Crippen LogP contribution in [0.3, 0.4) is 0 Å². The van der Waals surface area contributed by atoms with Gasteiger partial charge in [-0.2, -0.15) is 0 Å². The summed E-state index contributed by atoms with van der Waals surface area (Å²) in [6.45, 7) is 6.90. The molecule has 0 aliphatic carbocycles. The van der Waals surface area contributed by atoms with Gasteiger partial charge in [0.2, 0.25) is 0 Å². The molecule has 0 saturated carbocycles. The number of ether oxygens (including phenoxy) is 2. The van der Waals surface area contributed by atoms with Crippen LogP contribution in [-0.4, -0.2) is 34.4 Å². The van der Waals surface area contributed by atoms with Crippen LogP contribution in [0.1, 0.15) is 55.7 Å². The van der Waals surface area contributed by atoms with Gasteiger partial charge in [0, 0.05) is 12.0 Å². The van der Waals surface area contributed by atoms with Crippen LogP contribution < -0.4 is 9.47 Å². The zero-order chi connectivity index (χ0) is 26.1. The molecule has 0 spiro atoms. The number of rotatable bonds is 8. The van der Waals surface area contributed by atoms with Gasteiger partial charge in [0.15, 0.2) is 0 Å². The van der Waals surface area contributed by atoms with Gasteiger partial charge in [0.05, 0.1) is 31.0 Å². The Labute approximate surface area is 216 Å². The summed E-state index contributed by atoms with van der Waals surface area (Å²) in [6.07, 6.45) is 3.19. The van der Waals surface area contributed by atoms with Crippen LogP contribution in [0.5, 0.6) is 11.5 Å². The van der Waals surface area contributed by atoms with Crippen LogP contribution in [0.2, 0.25) is 0 Å². The van der Waals surface area contributed by atoms with Gasteiger partial charge in [-0.1, -0.05) is 26.0 Å². The van der Waals surface area contributed by atoms with Crippen molar-refractivity contribution in [2.75, 3.05) is 6.61 Å². The average Bonchev–Trinajstić information content (AvgIpc) is 3.58. The highest BCUT2D eigenvalue weighted by Gasteiger charge is 2.46. The van der Waals surface area contributed by atoms with Crippen LogP contribution >= 0.6 is 0 Å². The predicted octanol–water partition coefficient (Wildman–Crippen LogP) is 5.65. The van der Waals surface area contributed by atoms with E-state index in [1.807, 2.05) is 37.3 Å². The second-order valence-electron chi connectivity index (χ2n) is 10.1. The SMILES string of the molecule is CC(C)CCOc1cccc([C@H]2/C(=C(\O)c3ccc4c(c3)C[C@H](C)O4)C(=O)C(=O)N2Cc2ccco2)c1. The third-order valence-corrected chi connectivity index (χ3v) is 6.75. The molecule has 1 amide bonds. The van der Waals surface area contributed by atoms with E-state index in [2.05, 4.69) is 13.8 Å². The average molecular weight is 502 g/mol. The van der Waals surface area contributed by atoms with Crippen molar-refractivity contribution >= 4 is 17.4 Å². The number of ketones is 1. The molecule has 1 aromatic heterocycles. The smallest absolute Gasteiger partial charge is 0.296 e. The van der Waals surface area contributed by atoms with E-state index in [1.54, 1.807) is 24.3 Å². The molecule has 2 aliphatic rings. The van der Waals surface area contributed by atoms with Crippen molar-refractivity contribution in [1.82, 2.24) is 4.90 Å². The lowest BCUT2D eigenvalue weighted by Gasteiger charge is -2.25. The summed E-state index contributed by atoms with van der Waals surface area (Å²) in [5, 5.41) is 11.4. The zero-order valence-corrected chi connectivity index (χ0v) is 21.3. The fourth-order valence-corrected chi connectivity index (χ4v) is 4.87. The highest BCUT2D eigenvalue weighted by molar-refractivity contribution is 6.46. The summed E-state index contributed by atoms with van der Waals surface area (Å²) in [7, 11) is 0. The van der Waals surface area contributed by atoms with Crippen LogP contribution in [0.4, 0.5) is 0 Å². The minimum atomic E-state index is -0.804. The molecule has 1 saturated heterocycles. The van der Waals surface area contributed by atoms with Gasteiger partial charge in [-0.05, 0) is 72.9 Å². The Morgan fingerprint density at radius 1 is 1.14 bits per heavy atom. The molecule has 37 heavy (non-hydrogen) atoms. The van der Waals surface area contributed by atoms with Crippen molar-refractivity contribution < 1.29 is 28.6 Å². The standard InChI is InChI=1S/C30H31NO6/c1-18(2)11-13-36-23-7-4-6-20(16-23)27-26(29(33)30(34)31(27)17-24-8-5-12-35-24)28(32)21-9-10-25-22(15-21)14-19(3)37-25/h4-10,12,15-16,18-19,27,32H,11,13-14,17H2,1-3H3/b28-26+/t19-,27-/m0/s1. The number of hydrogen-bond donors (Lipinski definition) is 1. The molecule has 0 unspecified atom stereocenters. The lowest BCUT2D eigenvalue weighted by molar-refractivity contribution is -0.140. The molecule has 5 rings (SSSR count). The Morgan fingerprint density at radius 2 is 1.97 bits per heavy atom. The molecule has 0 bridgehead atoms. The minimum Gasteiger partial charge on any atom is -0.507 e. The normalized spacial score (nSPS) is 20.4. The van der Waals surface area contributed by atoms with Gasteiger partial charge in [-0.15, -0.1) is 0 Å². The van der Waals surface area contributed by atoms with Crippen LogP contribution in [0.15, 0.2) is 70.9 Å². The van der Waals surface area contributed by atoms with Gasteiger partial charge in [-0.25, -0.2) is 0 Å². The molecule has 3 heterocycles. The molecule has 2 aliphatic heterocycles. The molecular formula is C30H31NO6. The maximum absolute atomic E-state index is 13.4. The van der Waals surface area contributed by atoms with Gasteiger partial charge < -0.3 is 23.9 Å². The fourth-order valence-electron chi connectivity index (χ4n) is 4.87. The Morgan fingerprint density at radius 3 is 2.73 bits per heavy atom. The van der Waals surface area contributed by atoms with Crippen LogP contribution in [0, 0.1) is 5.92 Å². The second-order valence-corrected chi connectivity index (χ2v) is 10.1. The maximum Gasteiger partial charge on any atom is 0.296 e. The largest absolute Gasteiger partial charge is 0.507 e. The van der Waals surface area contributed by atoms with Crippen molar-refractivity contribution in [3.05, 3.63) is 88.9 Å². The number of Topliss-reactive ketones (excluding diaryl/α,β-unsaturated/α-hetero) is 1. The van der Waals surface area contributed by atoms with E-state index in [4.69, 9.17) is 13.9 Å². The number of aliphatic hydroxyl groups excluding tert-OH is 1. The maximum atomic E-state index is 13.4. The summed E-state index contributed by atoms with van der Waals surface area (Å²) >= 11 is 0. The molecule has 2 aromatic carbocycles. The van der Waals surface area contributed by atoms with E-state index in [0.717, 1.165) is 17.7 Å². The third kappa shape index (κ3) is 4.99. The van der Waals surface area contributed by atoms with E-state index in [1.165, 1.54) is 11.2 Å². The molecule has 3 aromatic rings. The van der Waals surface area contributed by atoms with E-state index >= 15 is 0 Å². The number of fused-ring (bicyclic) bond motifs is 1. The number of nitrogens with zero attached hydrogens (tertiary/aromatic N) is 1. The van der Waals surface area contributed by atoms with Crippen molar-refractivity contribution in [3.63, 3.8) is 0 Å². The van der Waals surface area contributed by atoms with Gasteiger partial charge >= 0.3 is 0 Å². The van der Waals surface area contributed by atoms with E-state index in [-0.39, 0.29) is 24.0 Å². The number of likely N-dealkylation sites (tertiary alicyclic amines) is 1. The summed E-state index contributed by atoms with van der Waals surface area (Å²) in [6, 6.07) is 15.4. The highest BCUT2D eigenvalue weighted by atomic mass is 16.5. The summed E-state index contributed by atoms with van der Waals surface area (Å²) in [5.74, 6) is 0.830. The minimum absolute atomic E-state index is 0.0443. The Hall–Kier alpha value is -4.00. The molecule has 2 atom stereocenters. The first-order valence-electron chi connectivity index (χ1n) is 12.7. The highest BCUT2D eigenvalue weighted by Crippen LogP contribution is 2.42. The van der Waals surface area contributed by atoms with E-state index in [0.29, 0.717) is 41.6 Å². The third-order valence-electron chi connectivity index (χ3n) is 6.75. The lowest BCUT2D eigenvalue weighted by atomic mass is 9.94. The molecule has 7 nitrogen and oxygen atoms in total. The molecule has 1 N–H and O–H groups in total. The Balaban J connectivity index is 1.57. The predicted molar refractivity (Wildman–Crippen MR) is 138 cm³/mol. The number of aliphatic hydroxyl groups is 1. The lowest BCUT2D eigenvalue weighted by Crippen LogP contribution is -2.29. The van der Waals surface area contributed by atoms with Gasteiger partial charge in [0.1, 0.15) is 29.1 Å². The Bertz CT molecular complexity index is 1340. The van der Waals surface area contributed by atoms with Crippen molar-refractivity contribution in [1.29, 1.82) is 0 Å². The van der Waals surface area contributed by atoms with Gasteiger partial charge in [0.25, 0.3) is 11.7 Å². The monoisotopic (exact) mass is 501 g/mol. The van der Waals surface area contributed by atoms with Crippen molar-refractivity contribution in [3.8, 4) is 11.5 Å².